The van der Waals surface area contributed by atoms with Crippen LogP contribution in [0.4, 0.5) is 4.39 Å². The molecule has 0 aromatic carbocycles. The second kappa shape index (κ2) is 5.69. The molecule has 2 heteroatoms. The molecule has 0 bridgehead atoms. The minimum Gasteiger partial charge on any atom is -0.311 e. The normalized spacial score (nSPS) is 42.0. The molecule has 0 amide bonds. The highest BCUT2D eigenvalue weighted by atomic mass is 19.1. The minimum atomic E-state index is -0.513. The molecule has 4 unspecified atom stereocenters. The summed E-state index contributed by atoms with van der Waals surface area (Å²) >= 11 is 0. The van der Waals surface area contributed by atoms with Crippen LogP contribution >= 0.6 is 0 Å². The molecule has 1 saturated heterocycles. The third kappa shape index (κ3) is 2.94. The number of hydrogen-bond acceptors (Lipinski definition) is 1. The van der Waals surface area contributed by atoms with Crippen LogP contribution in [-0.4, -0.2) is 18.3 Å². The fourth-order valence-electron chi connectivity index (χ4n) is 2.66. The van der Waals surface area contributed by atoms with Crippen molar-refractivity contribution in [3.05, 3.63) is 0 Å². The molecule has 1 N–H and O–H groups in total. The highest BCUT2D eigenvalue weighted by molar-refractivity contribution is 4.90. The molecule has 1 saturated carbocycles. The standard InChI is InChI=1S/C10H18FN.C2H6/c1-7-2-3-8-6-9(11)4-5-10(8)12-7;1-2/h7-10,12H,2-6H2,1H3;1-2H3. The number of rotatable bonds is 0. The predicted molar refractivity (Wildman–Crippen MR) is 59.2 cm³/mol. The van der Waals surface area contributed by atoms with Gasteiger partial charge in [-0.05, 0) is 44.9 Å². The molecule has 14 heavy (non-hydrogen) atoms. The van der Waals surface area contributed by atoms with Gasteiger partial charge in [-0.2, -0.15) is 0 Å². The fourth-order valence-corrected chi connectivity index (χ4v) is 2.66. The number of alkyl halides is 1. The first-order valence-electron chi connectivity index (χ1n) is 6.16. The lowest BCUT2D eigenvalue weighted by atomic mass is 9.77. The number of piperidine rings is 1. The maximum atomic E-state index is 13.0. The Kier molecular flexibility index (Phi) is 4.86. The Balaban J connectivity index is 0.000000461. The van der Waals surface area contributed by atoms with Crippen LogP contribution in [-0.2, 0) is 0 Å². The van der Waals surface area contributed by atoms with Crippen molar-refractivity contribution in [1.29, 1.82) is 0 Å². The molecule has 0 radical (unpaired) electrons. The summed E-state index contributed by atoms with van der Waals surface area (Å²) in [6.07, 6.45) is 4.59. The summed E-state index contributed by atoms with van der Waals surface area (Å²) in [5.41, 5.74) is 0. The lowest BCUT2D eigenvalue weighted by Crippen LogP contribution is -2.49. The molecule has 4 atom stereocenters. The van der Waals surface area contributed by atoms with Gasteiger partial charge in [0.05, 0.1) is 0 Å². The Hall–Kier alpha value is -0.110. The molecule has 2 fully saturated rings. The van der Waals surface area contributed by atoms with Crippen molar-refractivity contribution in [3.8, 4) is 0 Å². The Morgan fingerprint density at radius 2 is 1.79 bits per heavy atom. The molecule has 0 aromatic heterocycles. The van der Waals surface area contributed by atoms with Crippen molar-refractivity contribution < 1.29 is 4.39 Å². The van der Waals surface area contributed by atoms with Crippen LogP contribution in [0.25, 0.3) is 0 Å². The largest absolute Gasteiger partial charge is 0.311 e. The summed E-state index contributed by atoms with van der Waals surface area (Å²) in [6.45, 7) is 6.23. The van der Waals surface area contributed by atoms with Gasteiger partial charge in [0, 0.05) is 12.1 Å². The Morgan fingerprint density at radius 1 is 1.07 bits per heavy atom. The number of nitrogens with one attached hydrogen (secondary N) is 1. The average Bonchev–Trinajstić information content (AvgIpc) is 2.21. The van der Waals surface area contributed by atoms with Gasteiger partial charge in [-0.25, -0.2) is 4.39 Å². The van der Waals surface area contributed by atoms with Gasteiger partial charge in [0.2, 0.25) is 0 Å². The van der Waals surface area contributed by atoms with E-state index in [0.29, 0.717) is 18.0 Å². The van der Waals surface area contributed by atoms with E-state index in [1.807, 2.05) is 13.8 Å². The van der Waals surface area contributed by atoms with E-state index in [1.54, 1.807) is 0 Å². The monoisotopic (exact) mass is 201 g/mol. The molecular formula is C12H24FN. The van der Waals surface area contributed by atoms with Crippen LogP contribution < -0.4 is 5.32 Å². The topological polar surface area (TPSA) is 12.0 Å². The van der Waals surface area contributed by atoms with Crippen molar-refractivity contribution in [2.45, 2.75) is 71.1 Å². The average molecular weight is 201 g/mol. The minimum absolute atomic E-state index is 0.513. The van der Waals surface area contributed by atoms with E-state index in [1.165, 1.54) is 12.8 Å². The predicted octanol–water partition coefficient (Wildman–Crippen LogP) is 3.29. The molecule has 1 aliphatic heterocycles. The van der Waals surface area contributed by atoms with Gasteiger partial charge in [-0.15, -0.1) is 0 Å². The van der Waals surface area contributed by atoms with Crippen LogP contribution in [0.15, 0.2) is 0 Å². The first-order chi connectivity index (χ1) is 6.75. The summed E-state index contributed by atoms with van der Waals surface area (Å²) in [7, 11) is 0. The van der Waals surface area contributed by atoms with Crippen molar-refractivity contribution >= 4 is 0 Å². The Bertz CT molecular complexity index is 142. The third-order valence-electron chi connectivity index (χ3n) is 3.39. The van der Waals surface area contributed by atoms with Crippen molar-refractivity contribution in [2.24, 2.45) is 5.92 Å². The zero-order valence-electron chi connectivity index (χ0n) is 9.72. The Morgan fingerprint density at radius 3 is 2.50 bits per heavy atom. The van der Waals surface area contributed by atoms with Gasteiger partial charge < -0.3 is 5.32 Å². The SMILES string of the molecule is CC.CC1CCC2CC(F)CCC2N1. The van der Waals surface area contributed by atoms with E-state index in [-0.39, 0.29) is 0 Å². The zero-order chi connectivity index (χ0) is 10.6. The lowest BCUT2D eigenvalue weighted by molar-refractivity contribution is 0.118. The van der Waals surface area contributed by atoms with E-state index >= 15 is 0 Å². The maximum Gasteiger partial charge on any atom is 0.100 e. The summed E-state index contributed by atoms with van der Waals surface area (Å²) < 4.78 is 13.0. The van der Waals surface area contributed by atoms with Gasteiger partial charge >= 0.3 is 0 Å². The molecule has 1 heterocycles. The van der Waals surface area contributed by atoms with Crippen LogP contribution in [0.5, 0.6) is 0 Å². The first-order valence-corrected chi connectivity index (χ1v) is 6.16. The summed E-state index contributed by atoms with van der Waals surface area (Å²) in [6, 6.07) is 1.28. The third-order valence-corrected chi connectivity index (χ3v) is 3.39. The van der Waals surface area contributed by atoms with Gasteiger partial charge in [-0.1, -0.05) is 13.8 Å². The number of hydrogen-bond donors (Lipinski definition) is 1. The van der Waals surface area contributed by atoms with E-state index in [4.69, 9.17) is 0 Å². The van der Waals surface area contributed by atoms with E-state index in [9.17, 15) is 4.39 Å². The van der Waals surface area contributed by atoms with E-state index < -0.39 is 6.17 Å². The van der Waals surface area contributed by atoms with Crippen molar-refractivity contribution in [2.75, 3.05) is 0 Å². The first kappa shape index (κ1) is 12.0. The van der Waals surface area contributed by atoms with Crippen LogP contribution in [0.3, 0.4) is 0 Å². The molecular weight excluding hydrogens is 177 g/mol. The highest BCUT2D eigenvalue weighted by Gasteiger charge is 2.33. The van der Waals surface area contributed by atoms with Crippen molar-refractivity contribution in [1.82, 2.24) is 5.32 Å². The summed E-state index contributed by atoms with van der Waals surface area (Å²) in [5, 5.41) is 3.57. The Labute approximate surface area is 87.5 Å². The van der Waals surface area contributed by atoms with Crippen LogP contribution in [0.2, 0.25) is 0 Å². The van der Waals surface area contributed by atoms with Gasteiger partial charge in [0.1, 0.15) is 6.17 Å². The van der Waals surface area contributed by atoms with Gasteiger partial charge in [0.25, 0.3) is 0 Å². The maximum absolute atomic E-state index is 13.0. The van der Waals surface area contributed by atoms with Gasteiger partial charge in [0.15, 0.2) is 0 Å². The molecule has 2 aliphatic rings. The van der Waals surface area contributed by atoms with E-state index in [2.05, 4.69) is 12.2 Å². The quantitative estimate of drug-likeness (QED) is 0.634. The lowest BCUT2D eigenvalue weighted by Gasteiger charge is -2.40. The van der Waals surface area contributed by atoms with Crippen LogP contribution in [0.1, 0.15) is 52.9 Å². The second-order valence-corrected chi connectivity index (χ2v) is 4.42. The van der Waals surface area contributed by atoms with E-state index in [0.717, 1.165) is 19.3 Å². The molecule has 1 aliphatic carbocycles. The van der Waals surface area contributed by atoms with Crippen molar-refractivity contribution in [3.63, 3.8) is 0 Å². The second-order valence-electron chi connectivity index (χ2n) is 4.42. The molecule has 84 valence electrons. The summed E-state index contributed by atoms with van der Waals surface area (Å²) in [5.74, 6) is 0.630. The van der Waals surface area contributed by atoms with Gasteiger partial charge in [-0.3, -0.25) is 0 Å². The molecule has 0 spiro atoms. The molecule has 2 rings (SSSR count). The fraction of sp³-hybridized carbons (Fsp3) is 1.00. The number of fused-ring (bicyclic) bond motifs is 1. The molecule has 0 aromatic rings. The molecule has 1 nitrogen and oxygen atoms in total. The smallest absolute Gasteiger partial charge is 0.100 e. The zero-order valence-corrected chi connectivity index (χ0v) is 9.72. The summed E-state index contributed by atoms with van der Waals surface area (Å²) in [4.78, 5) is 0. The highest BCUT2D eigenvalue weighted by Crippen LogP contribution is 2.33. The number of halogens is 1. The van der Waals surface area contributed by atoms with Crippen LogP contribution in [0, 0.1) is 5.92 Å².